The monoisotopic (exact) mass is 339 g/mol. The van der Waals surface area contributed by atoms with E-state index in [-0.39, 0.29) is 6.03 Å². The maximum Gasteiger partial charge on any atom is 0.317 e. The van der Waals surface area contributed by atoms with Crippen molar-refractivity contribution >= 4 is 6.03 Å². The average molecular weight is 339 g/mol. The first-order valence-corrected chi connectivity index (χ1v) is 8.83. The van der Waals surface area contributed by atoms with Crippen LogP contribution < -0.4 is 10.1 Å². The minimum Gasteiger partial charge on any atom is -0.493 e. The number of aryl methyl sites for hydroxylation is 1. The number of rotatable bonds is 5. The number of hydrogen-bond acceptors (Lipinski definition) is 3. The van der Waals surface area contributed by atoms with E-state index < -0.39 is 0 Å². The van der Waals surface area contributed by atoms with E-state index in [4.69, 9.17) is 4.74 Å². The van der Waals surface area contributed by atoms with Crippen molar-refractivity contribution in [3.8, 4) is 5.75 Å². The number of carbonyl (C=O) groups excluding carboxylic acids is 1. The number of piperidine rings is 1. The number of carbonyl (C=O) groups is 1. The Hall–Kier alpha value is -2.56. The lowest BCUT2D eigenvalue weighted by atomic mass is 9.98. The Kier molecular flexibility index (Phi) is 5.88. The summed E-state index contributed by atoms with van der Waals surface area (Å²) in [6.07, 6.45) is 3.72. The summed E-state index contributed by atoms with van der Waals surface area (Å²) in [5, 5.41) is 3.00. The summed E-state index contributed by atoms with van der Waals surface area (Å²) in [5.74, 6) is 1.36. The molecule has 1 aliphatic heterocycles. The highest BCUT2D eigenvalue weighted by Crippen LogP contribution is 2.19. The molecule has 2 amide bonds. The molecule has 1 saturated heterocycles. The van der Waals surface area contributed by atoms with Crippen molar-refractivity contribution in [1.29, 1.82) is 0 Å². The molecule has 0 saturated carbocycles. The molecular formula is C20H25N3O2. The summed E-state index contributed by atoms with van der Waals surface area (Å²) in [6.45, 7) is 4.79. The highest BCUT2D eigenvalue weighted by atomic mass is 16.5. The number of ether oxygens (including phenoxy) is 1. The summed E-state index contributed by atoms with van der Waals surface area (Å²) < 4.78 is 5.87. The highest BCUT2D eigenvalue weighted by molar-refractivity contribution is 5.74. The zero-order valence-corrected chi connectivity index (χ0v) is 14.6. The van der Waals surface area contributed by atoms with E-state index in [1.807, 2.05) is 54.3 Å². The molecule has 0 bridgehead atoms. The maximum atomic E-state index is 12.3. The van der Waals surface area contributed by atoms with E-state index in [1.165, 1.54) is 0 Å². The molecule has 0 radical (unpaired) electrons. The number of amides is 2. The lowest BCUT2D eigenvalue weighted by molar-refractivity contribution is 0.145. The molecule has 0 spiro atoms. The molecule has 5 heteroatoms. The Morgan fingerprint density at radius 1 is 1.24 bits per heavy atom. The summed E-state index contributed by atoms with van der Waals surface area (Å²) in [5.41, 5.74) is 2.08. The van der Waals surface area contributed by atoms with Crippen LogP contribution in [-0.2, 0) is 6.54 Å². The first kappa shape index (κ1) is 17.3. The third-order valence-electron chi connectivity index (χ3n) is 4.54. The van der Waals surface area contributed by atoms with Gasteiger partial charge in [-0.25, -0.2) is 4.79 Å². The minimum atomic E-state index is 0.0213. The molecule has 25 heavy (non-hydrogen) atoms. The van der Waals surface area contributed by atoms with E-state index in [0.717, 1.165) is 42.9 Å². The molecule has 1 aliphatic rings. The van der Waals surface area contributed by atoms with Crippen molar-refractivity contribution in [3.05, 3.63) is 59.9 Å². The van der Waals surface area contributed by atoms with Crippen LogP contribution in [-0.4, -0.2) is 35.6 Å². The number of nitrogens with zero attached hydrogens (tertiary/aromatic N) is 2. The predicted octanol–water partition coefficient (Wildman–Crippen LogP) is 3.39. The first-order valence-electron chi connectivity index (χ1n) is 8.83. The Bertz CT molecular complexity index is 682. The fraction of sp³-hybridized carbons (Fsp3) is 0.400. The van der Waals surface area contributed by atoms with Gasteiger partial charge in [-0.3, -0.25) is 4.98 Å². The molecule has 132 valence electrons. The third-order valence-corrected chi connectivity index (χ3v) is 4.54. The van der Waals surface area contributed by atoms with Crippen molar-refractivity contribution in [2.24, 2.45) is 5.92 Å². The standard InChI is InChI=1S/C20H25N3O2/c1-16-13-19(7-10-21-16)25-15-18-8-11-23(12-9-18)20(24)22-14-17-5-3-2-4-6-17/h2-7,10,13,18H,8-9,11-12,14-15H2,1H3,(H,22,24). The number of hydrogen-bond donors (Lipinski definition) is 1. The maximum absolute atomic E-state index is 12.3. The third kappa shape index (κ3) is 5.21. The largest absolute Gasteiger partial charge is 0.493 e. The molecule has 1 aromatic carbocycles. The molecule has 1 fully saturated rings. The smallest absolute Gasteiger partial charge is 0.317 e. The van der Waals surface area contributed by atoms with E-state index >= 15 is 0 Å². The van der Waals surface area contributed by atoms with Gasteiger partial charge in [-0.15, -0.1) is 0 Å². The average Bonchev–Trinajstić information content (AvgIpc) is 2.66. The quantitative estimate of drug-likeness (QED) is 0.908. The Balaban J connectivity index is 1.38. The number of likely N-dealkylation sites (tertiary alicyclic amines) is 1. The first-order chi connectivity index (χ1) is 12.2. The molecule has 1 aromatic heterocycles. The van der Waals surface area contributed by atoms with E-state index in [0.29, 0.717) is 19.1 Å². The molecule has 2 heterocycles. The van der Waals surface area contributed by atoms with Gasteiger partial charge < -0.3 is 15.0 Å². The van der Waals surface area contributed by atoms with Crippen LogP contribution in [0.5, 0.6) is 5.75 Å². The van der Waals surface area contributed by atoms with Crippen molar-refractivity contribution in [2.45, 2.75) is 26.3 Å². The van der Waals surface area contributed by atoms with Crippen molar-refractivity contribution in [2.75, 3.05) is 19.7 Å². The van der Waals surface area contributed by atoms with Gasteiger partial charge in [0.1, 0.15) is 5.75 Å². The van der Waals surface area contributed by atoms with Crippen LogP contribution in [0.25, 0.3) is 0 Å². The zero-order chi connectivity index (χ0) is 17.5. The minimum absolute atomic E-state index is 0.0213. The second-order valence-corrected chi connectivity index (χ2v) is 6.52. The Labute approximate surface area is 149 Å². The van der Waals surface area contributed by atoms with Crippen LogP contribution in [0.2, 0.25) is 0 Å². The van der Waals surface area contributed by atoms with Crippen LogP contribution in [0.1, 0.15) is 24.1 Å². The molecular weight excluding hydrogens is 314 g/mol. The number of nitrogens with one attached hydrogen (secondary N) is 1. The van der Waals surface area contributed by atoms with Crippen molar-refractivity contribution < 1.29 is 9.53 Å². The highest BCUT2D eigenvalue weighted by Gasteiger charge is 2.23. The molecule has 1 N–H and O–H groups in total. The summed E-state index contributed by atoms with van der Waals surface area (Å²) in [6, 6.07) is 13.8. The molecule has 0 aliphatic carbocycles. The fourth-order valence-corrected chi connectivity index (χ4v) is 3.01. The number of pyridine rings is 1. The van der Waals surface area contributed by atoms with Crippen LogP contribution in [0, 0.1) is 12.8 Å². The lowest BCUT2D eigenvalue weighted by Crippen LogP contribution is -2.44. The zero-order valence-electron chi connectivity index (χ0n) is 14.6. The number of urea groups is 1. The van der Waals surface area contributed by atoms with Crippen LogP contribution in [0.3, 0.4) is 0 Å². The fourth-order valence-electron chi connectivity index (χ4n) is 3.01. The van der Waals surface area contributed by atoms with E-state index in [1.54, 1.807) is 6.20 Å². The van der Waals surface area contributed by atoms with Gasteiger partial charge in [0, 0.05) is 37.6 Å². The molecule has 2 aromatic rings. The number of benzene rings is 1. The van der Waals surface area contributed by atoms with Gasteiger partial charge in [0.25, 0.3) is 0 Å². The van der Waals surface area contributed by atoms with Gasteiger partial charge in [-0.2, -0.15) is 0 Å². The van der Waals surface area contributed by atoms with Gasteiger partial charge in [0.05, 0.1) is 6.61 Å². The van der Waals surface area contributed by atoms with Crippen LogP contribution in [0.4, 0.5) is 4.79 Å². The van der Waals surface area contributed by atoms with Gasteiger partial charge in [0.15, 0.2) is 0 Å². The van der Waals surface area contributed by atoms with Gasteiger partial charge in [-0.05, 0) is 37.3 Å². The Morgan fingerprint density at radius 3 is 2.72 bits per heavy atom. The molecule has 0 atom stereocenters. The van der Waals surface area contributed by atoms with Crippen molar-refractivity contribution in [1.82, 2.24) is 15.2 Å². The second-order valence-electron chi connectivity index (χ2n) is 6.52. The second kappa shape index (κ2) is 8.51. The van der Waals surface area contributed by atoms with E-state index in [9.17, 15) is 4.79 Å². The molecule has 5 nitrogen and oxygen atoms in total. The predicted molar refractivity (Wildman–Crippen MR) is 97.4 cm³/mol. The van der Waals surface area contributed by atoms with Gasteiger partial charge in [-0.1, -0.05) is 30.3 Å². The molecule has 0 unspecified atom stereocenters. The summed E-state index contributed by atoms with van der Waals surface area (Å²) in [7, 11) is 0. The SMILES string of the molecule is Cc1cc(OCC2CCN(C(=O)NCc3ccccc3)CC2)ccn1. The summed E-state index contributed by atoms with van der Waals surface area (Å²) >= 11 is 0. The van der Waals surface area contributed by atoms with Crippen LogP contribution >= 0.6 is 0 Å². The van der Waals surface area contributed by atoms with Gasteiger partial charge in [0.2, 0.25) is 0 Å². The molecule has 3 rings (SSSR count). The topological polar surface area (TPSA) is 54.5 Å². The van der Waals surface area contributed by atoms with Gasteiger partial charge >= 0.3 is 6.03 Å². The van der Waals surface area contributed by atoms with Crippen LogP contribution in [0.15, 0.2) is 48.7 Å². The number of aromatic nitrogens is 1. The lowest BCUT2D eigenvalue weighted by Gasteiger charge is -2.32. The van der Waals surface area contributed by atoms with Crippen molar-refractivity contribution in [3.63, 3.8) is 0 Å². The Morgan fingerprint density at radius 2 is 2.00 bits per heavy atom. The van der Waals surface area contributed by atoms with E-state index in [2.05, 4.69) is 10.3 Å². The summed E-state index contributed by atoms with van der Waals surface area (Å²) in [4.78, 5) is 18.3. The normalized spacial score (nSPS) is 15.0.